The highest BCUT2D eigenvalue weighted by Crippen LogP contribution is 2.48. The molecule has 0 bridgehead atoms. The first-order chi connectivity index (χ1) is 16.1. The summed E-state index contributed by atoms with van der Waals surface area (Å²) in [7, 11) is 0. The van der Waals surface area contributed by atoms with Crippen molar-refractivity contribution >= 4 is 0 Å². The van der Waals surface area contributed by atoms with Gasteiger partial charge in [-0.2, -0.15) is 0 Å². The molecule has 7 nitrogen and oxygen atoms in total. The Kier molecular flexibility index (Phi) is 6.40. The predicted octanol–water partition coefficient (Wildman–Crippen LogP) is 2.80. The minimum absolute atomic E-state index is 0.166. The second-order valence-corrected chi connectivity index (χ2v) is 9.10. The van der Waals surface area contributed by atoms with Crippen LogP contribution in [0.4, 0.5) is 0 Å². The van der Waals surface area contributed by atoms with Crippen molar-refractivity contribution in [2.45, 2.75) is 68.0 Å². The summed E-state index contributed by atoms with van der Waals surface area (Å²) in [5.41, 5.74) is 4.16. The fourth-order valence-electron chi connectivity index (χ4n) is 4.97. The topological polar surface area (TPSA) is 109 Å². The molecule has 0 amide bonds. The molecule has 176 valence electrons. The maximum atomic E-state index is 10.7. The zero-order chi connectivity index (χ0) is 22.9. The van der Waals surface area contributed by atoms with Crippen LogP contribution in [0.3, 0.4) is 0 Å². The van der Waals surface area contributed by atoms with Crippen molar-refractivity contribution in [2.24, 2.45) is 0 Å². The lowest BCUT2D eigenvalue weighted by molar-refractivity contribution is -0.231. The van der Waals surface area contributed by atoms with Crippen molar-refractivity contribution in [1.82, 2.24) is 0 Å². The van der Waals surface area contributed by atoms with E-state index in [4.69, 9.17) is 14.2 Å². The average molecular weight is 455 g/mol. The van der Waals surface area contributed by atoms with Crippen LogP contribution in [-0.4, -0.2) is 51.4 Å². The van der Waals surface area contributed by atoms with E-state index in [-0.39, 0.29) is 5.92 Å². The van der Waals surface area contributed by atoms with Crippen molar-refractivity contribution in [3.8, 4) is 0 Å². The number of aliphatic hydroxyl groups is 4. The van der Waals surface area contributed by atoms with Gasteiger partial charge in [0.05, 0.1) is 12.5 Å². The van der Waals surface area contributed by atoms with Crippen LogP contribution >= 0.6 is 0 Å². The van der Waals surface area contributed by atoms with Gasteiger partial charge in [-0.1, -0.05) is 42.0 Å². The van der Waals surface area contributed by atoms with Gasteiger partial charge in [0.1, 0.15) is 55.1 Å². The van der Waals surface area contributed by atoms with Crippen LogP contribution < -0.4 is 0 Å². The molecule has 0 radical (unpaired) electrons. The van der Waals surface area contributed by atoms with Crippen LogP contribution in [0.2, 0.25) is 0 Å². The van der Waals surface area contributed by atoms with E-state index in [0.717, 1.165) is 31.2 Å². The molecule has 0 aromatic heterocycles. The smallest absolute Gasteiger partial charge is 0.150 e. The van der Waals surface area contributed by atoms with Crippen molar-refractivity contribution in [1.29, 1.82) is 0 Å². The molecule has 4 N–H and O–H groups in total. The lowest BCUT2D eigenvalue weighted by Gasteiger charge is -2.40. The maximum absolute atomic E-state index is 10.7. The van der Waals surface area contributed by atoms with Crippen molar-refractivity contribution in [2.75, 3.05) is 6.61 Å². The summed E-state index contributed by atoms with van der Waals surface area (Å²) in [6.45, 7) is -0.458. The van der Waals surface area contributed by atoms with E-state index in [1.54, 1.807) is 6.26 Å². The van der Waals surface area contributed by atoms with Crippen molar-refractivity contribution < 1.29 is 34.6 Å². The third-order valence-electron chi connectivity index (χ3n) is 6.88. The van der Waals surface area contributed by atoms with E-state index in [1.807, 2.05) is 12.1 Å². The van der Waals surface area contributed by atoms with Crippen LogP contribution in [0.25, 0.3) is 0 Å². The van der Waals surface area contributed by atoms with E-state index in [2.05, 4.69) is 24.3 Å². The molecule has 5 rings (SSSR count). The fourth-order valence-corrected chi connectivity index (χ4v) is 4.97. The maximum Gasteiger partial charge on any atom is 0.150 e. The molecular formula is C26H30O7. The zero-order valence-electron chi connectivity index (χ0n) is 18.3. The predicted molar refractivity (Wildman–Crippen MR) is 120 cm³/mol. The van der Waals surface area contributed by atoms with Gasteiger partial charge in [-0.15, -0.1) is 0 Å². The third-order valence-corrected chi connectivity index (χ3v) is 6.88. The molecule has 1 aromatic rings. The number of aliphatic hydroxyl groups excluding tert-OH is 4. The van der Waals surface area contributed by atoms with E-state index in [0.29, 0.717) is 17.2 Å². The lowest BCUT2D eigenvalue weighted by atomic mass is 9.80. The Morgan fingerprint density at radius 1 is 1.03 bits per heavy atom. The molecule has 2 fully saturated rings. The molecule has 2 aliphatic heterocycles. The normalized spacial score (nSPS) is 32.4. The second kappa shape index (κ2) is 9.44. The number of rotatable bonds is 6. The van der Waals surface area contributed by atoms with Gasteiger partial charge in [0.2, 0.25) is 0 Å². The minimum Gasteiger partial charge on any atom is -0.466 e. The molecule has 1 aromatic carbocycles. The highest BCUT2D eigenvalue weighted by atomic mass is 16.5. The number of hydrogen-bond donors (Lipinski definition) is 4. The Bertz CT molecular complexity index is 988. The molecule has 33 heavy (non-hydrogen) atoms. The quantitative estimate of drug-likeness (QED) is 0.523. The Labute approximate surface area is 192 Å². The molecule has 6 atom stereocenters. The summed E-state index contributed by atoms with van der Waals surface area (Å²) < 4.78 is 17.2. The molecule has 4 aliphatic rings. The monoisotopic (exact) mass is 454 g/mol. The first-order valence-electron chi connectivity index (χ1n) is 11.6. The van der Waals surface area contributed by atoms with Crippen LogP contribution in [0.15, 0.2) is 66.5 Å². The first-order valence-corrected chi connectivity index (χ1v) is 11.6. The first kappa shape index (κ1) is 22.4. The molecule has 2 aliphatic carbocycles. The zero-order valence-corrected chi connectivity index (χ0v) is 18.3. The van der Waals surface area contributed by atoms with Crippen molar-refractivity contribution in [3.63, 3.8) is 0 Å². The molecule has 2 heterocycles. The third kappa shape index (κ3) is 4.39. The molecule has 1 unspecified atom stereocenters. The number of benzene rings is 1. The summed E-state index contributed by atoms with van der Waals surface area (Å²) in [5.74, 6) is 0.985. The Hall–Kier alpha value is -2.42. The molecule has 7 heteroatoms. The largest absolute Gasteiger partial charge is 0.466 e. The summed E-state index contributed by atoms with van der Waals surface area (Å²) in [6.07, 6.45) is 9.06. The van der Waals surface area contributed by atoms with Crippen LogP contribution in [-0.2, 0) is 14.2 Å². The molecule has 0 spiro atoms. The summed E-state index contributed by atoms with van der Waals surface area (Å²) in [6, 6.07) is 5.98. The highest BCUT2D eigenvalue weighted by Gasteiger charge is 2.44. The SMILES string of the molecule is OC[C@H]1O[C@@H](c2ccc(C3CC3)c(C(C3=CC=CCC3)C3=COC=CO3)c2)[C@H](O)[C@@H](O)[C@@H]1O. The van der Waals surface area contributed by atoms with Gasteiger partial charge in [0.15, 0.2) is 0 Å². The van der Waals surface area contributed by atoms with Crippen LogP contribution in [0.1, 0.15) is 60.3 Å². The number of allylic oxidation sites excluding steroid dienone is 4. The molecule has 1 saturated heterocycles. The van der Waals surface area contributed by atoms with E-state index in [9.17, 15) is 20.4 Å². The average Bonchev–Trinajstić information content (AvgIpc) is 3.70. The highest BCUT2D eigenvalue weighted by molar-refractivity contribution is 5.48. The number of hydrogen-bond acceptors (Lipinski definition) is 7. The minimum atomic E-state index is -1.42. The Morgan fingerprint density at radius 3 is 2.55 bits per heavy atom. The van der Waals surface area contributed by atoms with E-state index < -0.39 is 37.1 Å². The van der Waals surface area contributed by atoms with Gasteiger partial charge < -0.3 is 34.6 Å². The van der Waals surface area contributed by atoms with Crippen LogP contribution in [0, 0.1) is 0 Å². The van der Waals surface area contributed by atoms with Gasteiger partial charge in [0, 0.05) is 0 Å². The van der Waals surface area contributed by atoms with E-state index in [1.165, 1.54) is 23.7 Å². The van der Waals surface area contributed by atoms with Gasteiger partial charge in [-0.05, 0) is 48.3 Å². The summed E-state index contributed by atoms with van der Waals surface area (Å²) in [5, 5.41) is 40.8. The Morgan fingerprint density at radius 2 is 1.88 bits per heavy atom. The van der Waals surface area contributed by atoms with Gasteiger partial charge >= 0.3 is 0 Å². The van der Waals surface area contributed by atoms with Crippen molar-refractivity contribution in [3.05, 3.63) is 83.2 Å². The van der Waals surface area contributed by atoms with Gasteiger partial charge in [-0.3, -0.25) is 0 Å². The standard InChI is InChI=1S/C26H30O7/c27-13-20-23(28)24(29)25(30)26(33-20)17-8-9-18(15-6-7-15)19(12-17)22(16-4-2-1-3-5-16)21-14-31-10-11-32-21/h1-2,4,8-12,14-15,20,22-30H,3,5-7,13H2/t20-,22?,23-,24+,25-,26+/m1/s1. The van der Waals surface area contributed by atoms with Gasteiger partial charge in [-0.25, -0.2) is 0 Å². The molecular weight excluding hydrogens is 424 g/mol. The van der Waals surface area contributed by atoms with Gasteiger partial charge in [0.25, 0.3) is 0 Å². The number of ether oxygens (including phenoxy) is 3. The van der Waals surface area contributed by atoms with Crippen LogP contribution in [0.5, 0.6) is 0 Å². The fraction of sp³-hybridized carbons (Fsp3) is 0.462. The summed E-state index contributed by atoms with van der Waals surface area (Å²) >= 11 is 0. The molecule has 1 saturated carbocycles. The Balaban J connectivity index is 1.58. The summed E-state index contributed by atoms with van der Waals surface area (Å²) in [4.78, 5) is 0. The van der Waals surface area contributed by atoms with E-state index >= 15 is 0 Å². The lowest BCUT2D eigenvalue weighted by Crippen LogP contribution is -2.55. The second-order valence-electron chi connectivity index (χ2n) is 9.10.